The molecule has 0 fully saturated rings. The third kappa shape index (κ3) is 9.36. The van der Waals surface area contributed by atoms with Gasteiger partial charge in [0, 0.05) is 5.54 Å². The van der Waals surface area contributed by atoms with Crippen LogP contribution in [0.3, 0.4) is 0 Å². The molecule has 0 saturated carbocycles. The maximum Gasteiger partial charge on any atom is 0.152 e. The molecule has 0 amide bonds. The molecule has 0 radical (unpaired) electrons. The Morgan fingerprint density at radius 3 is 2.12 bits per heavy atom. The quantitative estimate of drug-likeness (QED) is 0.566. The van der Waals surface area contributed by atoms with Crippen molar-refractivity contribution < 1.29 is 8.42 Å². The van der Waals surface area contributed by atoms with Crippen molar-refractivity contribution in [1.82, 2.24) is 5.32 Å². The largest absolute Gasteiger partial charge is 0.312 e. The molecule has 0 aliphatic heterocycles. The first-order valence-electron chi connectivity index (χ1n) is 6.27. The second-order valence-corrected chi connectivity index (χ2v) is 8.32. The fourth-order valence-electron chi connectivity index (χ4n) is 1.23. The smallest absolute Gasteiger partial charge is 0.152 e. The predicted octanol–water partition coefficient (Wildman–Crippen LogP) is 2.53. The molecule has 0 spiro atoms. The molecule has 0 atom stereocenters. The molecular formula is C13H27NO2S. The highest BCUT2D eigenvalue weighted by Crippen LogP contribution is 2.03. The Morgan fingerprint density at radius 1 is 1.12 bits per heavy atom. The van der Waals surface area contributed by atoms with Crippen LogP contribution in [-0.2, 0) is 9.84 Å². The van der Waals surface area contributed by atoms with E-state index < -0.39 is 9.84 Å². The van der Waals surface area contributed by atoms with Crippen molar-refractivity contribution in [2.24, 2.45) is 0 Å². The normalized spacial score (nSPS) is 13.8. The molecule has 4 heteroatoms. The summed E-state index contributed by atoms with van der Waals surface area (Å²) < 4.78 is 23.0. The van der Waals surface area contributed by atoms with Crippen LogP contribution in [0, 0.1) is 0 Å². The molecule has 0 aromatic rings. The van der Waals surface area contributed by atoms with Crippen molar-refractivity contribution in [3.05, 3.63) is 12.2 Å². The summed E-state index contributed by atoms with van der Waals surface area (Å²) in [5.74, 6) is 0.258. The van der Waals surface area contributed by atoms with Gasteiger partial charge in [0.1, 0.15) is 0 Å². The third-order valence-electron chi connectivity index (χ3n) is 2.42. The van der Waals surface area contributed by atoms with Crippen LogP contribution in [-0.4, -0.2) is 31.5 Å². The molecule has 0 saturated heterocycles. The lowest BCUT2D eigenvalue weighted by atomic mass is 10.1. The second kappa shape index (κ2) is 7.17. The van der Waals surface area contributed by atoms with E-state index in [9.17, 15) is 8.42 Å². The Bertz CT molecular complexity index is 324. The van der Waals surface area contributed by atoms with E-state index in [1.807, 2.05) is 6.08 Å². The van der Waals surface area contributed by atoms with Gasteiger partial charge in [-0.1, -0.05) is 12.2 Å². The monoisotopic (exact) mass is 261 g/mol. The highest BCUT2D eigenvalue weighted by molar-refractivity contribution is 7.91. The van der Waals surface area contributed by atoms with E-state index in [0.29, 0.717) is 6.42 Å². The van der Waals surface area contributed by atoms with E-state index in [2.05, 4.69) is 32.2 Å². The van der Waals surface area contributed by atoms with Crippen LogP contribution in [0.4, 0.5) is 0 Å². The van der Waals surface area contributed by atoms with Crippen molar-refractivity contribution in [3.63, 3.8) is 0 Å². The SMILES string of the molecule is CC(C)S(=O)(=O)CC/C=C/CCNC(C)(C)C. The lowest BCUT2D eigenvalue weighted by Crippen LogP contribution is -2.36. The number of hydrogen-bond acceptors (Lipinski definition) is 3. The Kier molecular flexibility index (Phi) is 7.02. The van der Waals surface area contributed by atoms with Gasteiger partial charge >= 0.3 is 0 Å². The van der Waals surface area contributed by atoms with E-state index in [1.165, 1.54) is 0 Å². The summed E-state index contributed by atoms with van der Waals surface area (Å²) in [7, 11) is -2.88. The molecule has 0 aliphatic rings. The first-order chi connectivity index (χ1) is 7.65. The summed E-state index contributed by atoms with van der Waals surface area (Å²) in [6.07, 6.45) is 5.58. The Hall–Kier alpha value is -0.350. The Balaban J connectivity index is 3.70. The number of rotatable bonds is 7. The zero-order chi connectivity index (χ0) is 13.5. The van der Waals surface area contributed by atoms with Gasteiger partial charge in [-0.2, -0.15) is 0 Å². The summed E-state index contributed by atoms with van der Waals surface area (Å²) in [5, 5.41) is 3.11. The van der Waals surface area contributed by atoms with Crippen molar-refractivity contribution in [1.29, 1.82) is 0 Å². The number of allylic oxidation sites excluding steroid dienone is 1. The maximum absolute atomic E-state index is 11.5. The van der Waals surface area contributed by atoms with Gasteiger partial charge in [0.25, 0.3) is 0 Å². The predicted molar refractivity (Wildman–Crippen MR) is 75.1 cm³/mol. The first-order valence-corrected chi connectivity index (χ1v) is 7.98. The van der Waals surface area contributed by atoms with E-state index in [4.69, 9.17) is 0 Å². The third-order valence-corrected chi connectivity index (χ3v) is 4.66. The minimum atomic E-state index is -2.88. The molecule has 17 heavy (non-hydrogen) atoms. The van der Waals surface area contributed by atoms with Crippen LogP contribution >= 0.6 is 0 Å². The van der Waals surface area contributed by atoms with Crippen molar-refractivity contribution in [2.45, 2.75) is 58.2 Å². The van der Waals surface area contributed by atoms with Gasteiger partial charge < -0.3 is 5.32 Å². The first kappa shape index (κ1) is 16.6. The molecule has 0 heterocycles. The van der Waals surface area contributed by atoms with Crippen LogP contribution in [0.15, 0.2) is 12.2 Å². The molecule has 1 N–H and O–H groups in total. The molecule has 0 aromatic heterocycles. The summed E-state index contributed by atoms with van der Waals surface area (Å²) in [5.41, 5.74) is 0.148. The average Bonchev–Trinajstić information content (AvgIpc) is 2.14. The van der Waals surface area contributed by atoms with Gasteiger partial charge in [-0.3, -0.25) is 0 Å². The minimum Gasteiger partial charge on any atom is -0.312 e. The second-order valence-electron chi connectivity index (χ2n) is 5.64. The maximum atomic E-state index is 11.5. The zero-order valence-corrected chi connectivity index (χ0v) is 12.6. The van der Waals surface area contributed by atoms with Gasteiger partial charge in [-0.05, 0) is 54.0 Å². The number of hydrogen-bond donors (Lipinski definition) is 1. The number of sulfone groups is 1. The fourth-order valence-corrected chi connectivity index (χ4v) is 2.17. The highest BCUT2D eigenvalue weighted by Gasteiger charge is 2.14. The van der Waals surface area contributed by atoms with Crippen molar-refractivity contribution >= 4 is 9.84 Å². The van der Waals surface area contributed by atoms with Gasteiger partial charge in [0.2, 0.25) is 0 Å². The standard InChI is InChI=1S/C13H27NO2S/c1-12(2)17(15,16)11-9-7-6-8-10-14-13(3,4)5/h6-7,12,14H,8-11H2,1-5H3/b7-6+. The molecule has 3 nitrogen and oxygen atoms in total. The average molecular weight is 261 g/mol. The van der Waals surface area contributed by atoms with Crippen LogP contribution in [0.5, 0.6) is 0 Å². The zero-order valence-electron chi connectivity index (χ0n) is 11.8. The van der Waals surface area contributed by atoms with Gasteiger partial charge in [-0.25, -0.2) is 8.42 Å². The lowest BCUT2D eigenvalue weighted by molar-refractivity contribution is 0.431. The molecule has 0 bridgehead atoms. The highest BCUT2D eigenvalue weighted by atomic mass is 32.2. The molecule has 102 valence electrons. The number of nitrogens with one attached hydrogen (secondary N) is 1. The molecule has 0 rings (SSSR count). The van der Waals surface area contributed by atoms with Gasteiger partial charge in [0.15, 0.2) is 9.84 Å². The van der Waals surface area contributed by atoms with Crippen LogP contribution in [0.2, 0.25) is 0 Å². The Labute approximate surface area is 107 Å². The van der Waals surface area contributed by atoms with E-state index in [0.717, 1.165) is 13.0 Å². The van der Waals surface area contributed by atoms with Crippen molar-refractivity contribution in [3.8, 4) is 0 Å². The van der Waals surface area contributed by atoms with Crippen LogP contribution < -0.4 is 5.32 Å². The summed E-state index contributed by atoms with van der Waals surface area (Å²) in [4.78, 5) is 0. The fraction of sp³-hybridized carbons (Fsp3) is 0.846. The lowest BCUT2D eigenvalue weighted by Gasteiger charge is -2.19. The molecular weight excluding hydrogens is 234 g/mol. The topological polar surface area (TPSA) is 46.2 Å². The van der Waals surface area contributed by atoms with Crippen LogP contribution in [0.1, 0.15) is 47.5 Å². The molecule has 0 aromatic carbocycles. The molecule has 0 aliphatic carbocycles. The summed E-state index contributed by atoms with van der Waals surface area (Å²) in [6.45, 7) is 10.8. The molecule has 0 unspecified atom stereocenters. The van der Waals surface area contributed by atoms with E-state index in [-0.39, 0.29) is 16.5 Å². The summed E-state index contributed by atoms with van der Waals surface area (Å²) in [6, 6.07) is 0. The van der Waals surface area contributed by atoms with Crippen LogP contribution in [0.25, 0.3) is 0 Å². The van der Waals surface area contributed by atoms with Crippen molar-refractivity contribution in [2.75, 3.05) is 12.3 Å². The summed E-state index contributed by atoms with van der Waals surface area (Å²) >= 11 is 0. The van der Waals surface area contributed by atoms with E-state index in [1.54, 1.807) is 13.8 Å². The Morgan fingerprint density at radius 2 is 1.65 bits per heavy atom. The van der Waals surface area contributed by atoms with Gasteiger partial charge in [0.05, 0.1) is 11.0 Å². The van der Waals surface area contributed by atoms with Gasteiger partial charge in [-0.15, -0.1) is 0 Å². The van der Waals surface area contributed by atoms with E-state index >= 15 is 0 Å². The minimum absolute atomic E-state index is 0.148.